The van der Waals surface area contributed by atoms with Crippen LogP contribution in [0.1, 0.15) is 43.7 Å². The molecule has 1 atom stereocenters. The van der Waals surface area contributed by atoms with E-state index in [0.717, 1.165) is 37.9 Å². The maximum atomic E-state index is 13.7. The summed E-state index contributed by atoms with van der Waals surface area (Å²) in [6.07, 6.45) is 4.48. The van der Waals surface area contributed by atoms with Crippen LogP contribution in [0.15, 0.2) is 18.2 Å². The van der Waals surface area contributed by atoms with Crippen LogP contribution in [-0.2, 0) is 4.79 Å². The Balaban J connectivity index is 0.00000192. The van der Waals surface area contributed by atoms with Gasteiger partial charge in [-0.1, -0.05) is 12.1 Å². The van der Waals surface area contributed by atoms with Gasteiger partial charge in [0.1, 0.15) is 0 Å². The van der Waals surface area contributed by atoms with Crippen molar-refractivity contribution >= 4 is 18.3 Å². The lowest BCUT2D eigenvalue weighted by Gasteiger charge is -2.27. The fraction of sp³-hybridized carbons (Fsp3) is 0.588. The quantitative estimate of drug-likeness (QED) is 0.884. The van der Waals surface area contributed by atoms with E-state index >= 15 is 0 Å². The minimum atomic E-state index is -0.355. The van der Waals surface area contributed by atoms with Crippen LogP contribution in [-0.4, -0.2) is 25.6 Å². The molecule has 1 saturated heterocycles. The van der Waals surface area contributed by atoms with E-state index in [0.29, 0.717) is 25.4 Å². The first-order valence-corrected chi connectivity index (χ1v) is 8.15. The molecule has 0 aliphatic carbocycles. The van der Waals surface area contributed by atoms with Crippen molar-refractivity contribution in [2.75, 3.05) is 19.7 Å². The van der Waals surface area contributed by atoms with E-state index in [9.17, 15) is 9.18 Å². The molecule has 0 bridgehead atoms. The van der Waals surface area contributed by atoms with Crippen LogP contribution in [0.2, 0.25) is 0 Å². The summed E-state index contributed by atoms with van der Waals surface area (Å²) < 4.78 is 19.1. The number of carbonyl (C=O) groups excluding carboxylic acids is 1. The van der Waals surface area contributed by atoms with Gasteiger partial charge in [0.2, 0.25) is 5.91 Å². The van der Waals surface area contributed by atoms with Gasteiger partial charge in [0.25, 0.3) is 0 Å². The summed E-state index contributed by atoms with van der Waals surface area (Å²) in [4.78, 5) is 12.2. The second kappa shape index (κ2) is 8.50. The van der Waals surface area contributed by atoms with Crippen LogP contribution in [0.3, 0.4) is 0 Å². The zero-order chi connectivity index (χ0) is 15.4. The number of fused-ring (bicyclic) bond motifs is 1. The number of ether oxygens (including phenoxy) is 1. The SMILES string of the molecule is Cl.O=C(CCC1CCNCC1)N[C@@H]1CCOc2c(F)cccc21. The molecule has 4 nitrogen and oxygen atoms in total. The average Bonchev–Trinajstić information content (AvgIpc) is 2.55. The highest BCUT2D eigenvalue weighted by Crippen LogP contribution is 2.34. The third-order valence-corrected chi connectivity index (χ3v) is 4.60. The number of piperidine rings is 1. The Bertz CT molecular complexity index is 535. The van der Waals surface area contributed by atoms with Gasteiger partial charge in [-0.05, 0) is 44.3 Å². The van der Waals surface area contributed by atoms with Gasteiger partial charge in [0, 0.05) is 18.4 Å². The van der Waals surface area contributed by atoms with E-state index in [2.05, 4.69) is 10.6 Å². The lowest BCUT2D eigenvalue weighted by Crippen LogP contribution is -2.33. The van der Waals surface area contributed by atoms with Gasteiger partial charge >= 0.3 is 0 Å². The molecular weight excluding hydrogens is 319 g/mol. The Kier molecular flexibility index (Phi) is 6.66. The highest BCUT2D eigenvalue weighted by atomic mass is 35.5. The number of benzene rings is 1. The van der Waals surface area contributed by atoms with Crippen molar-refractivity contribution in [3.63, 3.8) is 0 Å². The van der Waals surface area contributed by atoms with Gasteiger partial charge < -0.3 is 15.4 Å². The normalized spacial score (nSPS) is 20.8. The second-order valence-corrected chi connectivity index (χ2v) is 6.15. The Morgan fingerprint density at radius 3 is 2.87 bits per heavy atom. The first kappa shape index (κ1) is 18.0. The number of rotatable bonds is 4. The number of amides is 1. The zero-order valence-electron chi connectivity index (χ0n) is 13.1. The van der Waals surface area contributed by atoms with Gasteiger partial charge in [-0.15, -0.1) is 12.4 Å². The molecule has 0 unspecified atom stereocenters. The molecular formula is C17H24ClFN2O2. The smallest absolute Gasteiger partial charge is 0.220 e. The molecule has 0 saturated carbocycles. The van der Waals surface area contributed by atoms with Crippen LogP contribution in [0, 0.1) is 11.7 Å². The van der Waals surface area contributed by atoms with Crippen molar-refractivity contribution in [3.05, 3.63) is 29.6 Å². The van der Waals surface area contributed by atoms with Crippen molar-refractivity contribution in [1.29, 1.82) is 0 Å². The van der Waals surface area contributed by atoms with Crippen molar-refractivity contribution < 1.29 is 13.9 Å². The molecule has 2 aliphatic rings. The fourth-order valence-corrected chi connectivity index (χ4v) is 3.31. The highest BCUT2D eigenvalue weighted by molar-refractivity contribution is 5.85. The van der Waals surface area contributed by atoms with Crippen LogP contribution in [0.5, 0.6) is 5.75 Å². The second-order valence-electron chi connectivity index (χ2n) is 6.15. The fourth-order valence-electron chi connectivity index (χ4n) is 3.31. The average molecular weight is 343 g/mol. The third-order valence-electron chi connectivity index (χ3n) is 4.60. The molecule has 23 heavy (non-hydrogen) atoms. The van der Waals surface area contributed by atoms with Crippen LogP contribution in [0.4, 0.5) is 4.39 Å². The molecule has 2 aliphatic heterocycles. The van der Waals surface area contributed by atoms with E-state index < -0.39 is 0 Å². The van der Waals surface area contributed by atoms with Crippen molar-refractivity contribution in [1.82, 2.24) is 10.6 Å². The van der Waals surface area contributed by atoms with Gasteiger partial charge in [0.05, 0.1) is 12.6 Å². The molecule has 0 spiro atoms. The van der Waals surface area contributed by atoms with E-state index in [4.69, 9.17) is 4.74 Å². The van der Waals surface area contributed by atoms with Gasteiger partial charge in [-0.25, -0.2) is 4.39 Å². The summed E-state index contributed by atoms with van der Waals surface area (Å²) in [7, 11) is 0. The Labute approximate surface area is 142 Å². The van der Waals surface area contributed by atoms with Gasteiger partial charge in [0.15, 0.2) is 11.6 Å². The summed E-state index contributed by atoms with van der Waals surface area (Å²) in [5.41, 5.74) is 0.751. The Hall–Kier alpha value is -1.33. The number of halogens is 2. The summed E-state index contributed by atoms with van der Waals surface area (Å²) in [6, 6.07) is 4.74. The monoisotopic (exact) mass is 342 g/mol. The number of para-hydroxylation sites is 1. The largest absolute Gasteiger partial charge is 0.490 e. The molecule has 1 aromatic carbocycles. The first-order chi connectivity index (χ1) is 10.7. The summed E-state index contributed by atoms with van der Waals surface area (Å²) in [5, 5.41) is 6.37. The van der Waals surface area contributed by atoms with Gasteiger partial charge in [-0.2, -0.15) is 0 Å². The maximum absolute atomic E-state index is 13.7. The number of carbonyl (C=O) groups is 1. The van der Waals surface area contributed by atoms with E-state index in [-0.39, 0.29) is 35.9 Å². The molecule has 0 radical (unpaired) electrons. The van der Waals surface area contributed by atoms with E-state index in [1.165, 1.54) is 6.07 Å². The molecule has 2 N–H and O–H groups in total. The minimum Gasteiger partial charge on any atom is -0.490 e. The summed E-state index contributed by atoms with van der Waals surface area (Å²) in [6.45, 7) is 2.55. The van der Waals surface area contributed by atoms with Crippen LogP contribution < -0.4 is 15.4 Å². The Morgan fingerprint density at radius 2 is 2.09 bits per heavy atom. The molecule has 2 heterocycles. The number of hydrogen-bond donors (Lipinski definition) is 2. The highest BCUT2D eigenvalue weighted by Gasteiger charge is 2.25. The predicted octanol–water partition coefficient (Wildman–Crippen LogP) is 2.97. The third kappa shape index (κ3) is 4.58. The molecule has 1 fully saturated rings. The molecule has 0 aromatic heterocycles. The number of nitrogens with one attached hydrogen (secondary N) is 2. The van der Waals surface area contributed by atoms with E-state index in [1.54, 1.807) is 6.07 Å². The van der Waals surface area contributed by atoms with Gasteiger partial charge in [-0.3, -0.25) is 4.79 Å². The van der Waals surface area contributed by atoms with Crippen LogP contribution >= 0.6 is 12.4 Å². The lowest BCUT2D eigenvalue weighted by molar-refractivity contribution is -0.122. The molecule has 128 valence electrons. The topological polar surface area (TPSA) is 50.4 Å². The van der Waals surface area contributed by atoms with Crippen molar-refractivity contribution in [2.45, 2.75) is 38.1 Å². The van der Waals surface area contributed by atoms with Crippen LogP contribution in [0.25, 0.3) is 0 Å². The standard InChI is InChI=1S/C17H23FN2O2.ClH/c18-14-3-1-2-13-15(8-11-22-17(13)14)20-16(21)5-4-12-6-9-19-10-7-12;/h1-3,12,15,19H,4-11H2,(H,20,21);1H/t15-;/m1./s1. The van der Waals surface area contributed by atoms with Crippen molar-refractivity contribution in [3.8, 4) is 5.75 Å². The molecule has 6 heteroatoms. The minimum absolute atomic E-state index is 0. The summed E-state index contributed by atoms with van der Waals surface area (Å²) >= 11 is 0. The van der Waals surface area contributed by atoms with E-state index in [1.807, 2.05) is 6.07 Å². The molecule has 1 aromatic rings. The molecule has 1 amide bonds. The lowest BCUT2D eigenvalue weighted by atomic mass is 9.93. The summed E-state index contributed by atoms with van der Waals surface area (Å²) in [5.74, 6) is 0.635. The molecule has 3 rings (SSSR count). The first-order valence-electron chi connectivity index (χ1n) is 8.15. The maximum Gasteiger partial charge on any atom is 0.220 e. The number of hydrogen-bond acceptors (Lipinski definition) is 3. The predicted molar refractivity (Wildman–Crippen MR) is 89.5 cm³/mol. The zero-order valence-corrected chi connectivity index (χ0v) is 14.0. The Morgan fingerprint density at radius 1 is 1.30 bits per heavy atom. The van der Waals surface area contributed by atoms with Crippen molar-refractivity contribution in [2.24, 2.45) is 5.92 Å².